The molecule has 2 aromatic heterocycles. The molecule has 0 spiro atoms. The van der Waals surface area contributed by atoms with Crippen molar-refractivity contribution < 1.29 is 13.9 Å². The van der Waals surface area contributed by atoms with Crippen molar-refractivity contribution in [3.63, 3.8) is 0 Å². The van der Waals surface area contributed by atoms with Crippen molar-refractivity contribution in [3.8, 4) is 11.3 Å². The molecule has 0 saturated heterocycles. The molecule has 4 nitrogen and oxygen atoms in total. The minimum atomic E-state index is -0.506. The molecule has 0 fully saturated rings. The Morgan fingerprint density at radius 3 is 2.74 bits per heavy atom. The summed E-state index contributed by atoms with van der Waals surface area (Å²) in [6, 6.07) is 10.6. The number of esters is 1. The molecule has 0 N–H and O–H groups in total. The first-order chi connectivity index (χ1) is 11.0. The molecule has 0 aliphatic rings. The van der Waals surface area contributed by atoms with E-state index in [-0.39, 0.29) is 12.4 Å². The van der Waals surface area contributed by atoms with Crippen molar-refractivity contribution >= 4 is 28.9 Å². The number of hydrogen-bond acceptors (Lipinski definition) is 5. The number of thiazole rings is 1. The predicted octanol–water partition coefficient (Wildman–Crippen LogP) is 5.03. The molecule has 0 atom stereocenters. The lowest BCUT2D eigenvalue weighted by atomic mass is 10.2. The Balaban J connectivity index is 1.72. The monoisotopic (exact) mass is 347 g/mol. The van der Waals surface area contributed by atoms with Gasteiger partial charge in [-0.05, 0) is 38.1 Å². The highest BCUT2D eigenvalue weighted by Gasteiger charge is 2.16. The molecular formula is C17H14ClNO3S. The molecule has 0 unspecified atom stereocenters. The van der Waals surface area contributed by atoms with Crippen LogP contribution < -0.4 is 0 Å². The number of nitrogens with zero attached hydrogens (tertiary/aromatic N) is 1. The van der Waals surface area contributed by atoms with Crippen LogP contribution in [-0.4, -0.2) is 11.0 Å². The Morgan fingerprint density at radius 2 is 2.04 bits per heavy atom. The number of carbonyl (C=O) groups excluding carboxylic acids is 1. The Morgan fingerprint density at radius 1 is 1.26 bits per heavy atom. The summed E-state index contributed by atoms with van der Waals surface area (Å²) in [4.78, 5) is 17.3. The van der Waals surface area contributed by atoms with Gasteiger partial charge in [0.15, 0.2) is 0 Å². The van der Waals surface area contributed by atoms with Crippen LogP contribution in [0.4, 0.5) is 0 Å². The van der Waals surface area contributed by atoms with Gasteiger partial charge in [-0.3, -0.25) is 0 Å². The van der Waals surface area contributed by atoms with E-state index in [4.69, 9.17) is 20.8 Å². The van der Waals surface area contributed by atoms with Gasteiger partial charge in [0, 0.05) is 5.56 Å². The van der Waals surface area contributed by atoms with E-state index in [2.05, 4.69) is 4.98 Å². The van der Waals surface area contributed by atoms with Crippen molar-refractivity contribution in [3.05, 3.63) is 62.8 Å². The lowest BCUT2D eigenvalue weighted by Gasteiger charge is -2.02. The first kappa shape index (κ1) is 15.8. The zero-order chi connectivity index (χ0) is 16.4. The van der Waals surface area contributed by atoms with E-state index < -0.39 is 5.97 Å². The average Bonchev–Trinajstić information content (AvgIpc) is 3.12. The molecule has 1 aromatic carbocycles. The Labute approximate surface area is 142 Å². The van der Waals surface area contributed by atoms with Crippen molar-refractivity contribution in [2.75, 3.05) is 0 Å². The van der Waals surface area contributed by atoms with E-state index in [1.165, 1.54) is 11.3 Å². The van der Waals surface area contributed by atoms with Crippen LogP contribution in [0.1, 0.15) is 26.1 Å². The number of rotatable bonds is 4. The SMILES string of the molecule is Cc1nc(C)c(COC(=O)c2ccc(-c3ccccc3Cl)o2)s1. The van der Waals surface area contributed by atoms with Gasteiger partial charge in [-0.25, -0.2) is 9.78 Å². The molecule has 0 aliphatic heterocycles. The fraction of sp³-hybridized carbons (Fsp3) is 0.176. The van der Waals surface area contributed by atoms with Gasteiger partial charge in [0.1, 0.15) is 12.4 Å². The molecule has 118 valence electrons. The second kappa shape index (κ2) is 6.56. The van der Waals surface area contributed by atoms with Gasteiger partial charge in [-0.1, -0.05) is 23.7 Å². The molecule has 0 bridgehead atoms. The van der Waals surface area contributed by atoms with Gasteiger partial charge in [-0.2, -0.15) is 0 Å². The van der Waals surface area contributed by atoms with Crippen LogP contribution in [0.3, 0.4) is 0 Å². The molecule has 0 saturated carbocycles. The number of ether oxygens (including phenoxy) is 1. The van der Waals surface area contributed by atoms with Gasteiger partial charge < -0.3 is 9.15 Å². The van der Waals surface area contributed by atoms with Gasteiger partial charge in [0.25, 0.3) is 0 Å². The van der Waals surface area contributed by atoms with Gasteiger partial charge in [0.05, 0.1) is 20.6 Å². The maximum atomic E-state index is 12.1. The minimum Gasteiger partial charge on any atom is -0.454 e. The largest absolute Gasteiger partial charge is 0.454 e. The van der Waals surface area contributed by atoms with E-state index in [1.54, 1.807) is 18.2 Å². The smallest absolute Gasteiger partial charge is 0.374 e. The number of aryl methyl sites for hydroxylation is 2. The average molecular weight is 348 g/mol. The van der Waals surface area contributed by atoms with E-state index in [1.807, 2.05) is 32.0 Å². The van der Waals surface area contributed by atoms with E-state index in [9.17, 15) is 4.79 Å². The standard InChI is InChI=1S/C17H14ClNO3S/c1-10-16(23-11(2)19-10)9-21-17(20)15-8-7-14(22-15)12-5-3-4-6-13(12)18/h3-8H,9H2,1-2H3. The van der Waals surface area contributed by atoms with Crippen LogP contribution in [0.15, 0.2) is 40.8 Å². The van der Waals surface area contributed by atoms with Crippen LogP contribution in [-0.2, 0) is 11.3 Å². The molecule has 0 radical (unpaired) electrons. The molecule has 3 rings (SSSR count). The summed E-state index contributed by atoms with van der Waals surface area (Å²) in [6.45, 7) is 4.01. The number of carbonyl (C=O) groups is 1. The summed E-state index contributed by atoms with van der Waals surface area (Å²) >= 11 is 7.65. The Hall–Kier alpha value is -2.11. The molecular weight excluding hydrogens is 334 g/mol. The van der Waals surface area contributed by atoms with Crippen LogP contribution >= 0.6 is 22.9 Å². The van der Waals surface area contributed by atoms with E-state index in [0.29, 0.717) is 10.8 Å². The van der Waals surface area contributed by atoms with Crippen LogP contribution in [0.5, 0.6) is 0 Å². The van der Waals surface area contributed by atoms with Crippen molar-refractivity contribution in [2.24, 2.45) is 0 Å². The minimum absolute atomic E-state index is 0.152. The fourth-order valence-electron chi connectivity index (χ4n) is 2.16. The maximum absolute atomic E-state index is 12.1. The van der Waals surface area contributed by atoms with E-state index in [0.717, 1.165) is 21.1 Å². The third-order valence-corrected chi connectivity index (χ3v) is 4.66. The Bertz CT molecular complexity index is 853. The highest BCUT2D eigenvalue weighted by molar-refractivity contribution is 7.11. The second-order valence-corrected chi connectivity index (χ2v) is 6.66. The topological polar surface area (TPSA) is 52.3 Å². The molecule has 3 aromatic rings. The van der Waals surface area contributed by atoms with Gasteiger partial charge in [-0.15, -0.1) is 11.3 Å². The lowest BCUT2D eigenvalue weighted by molar-refractivity contribution is 0.0440. The summed E-state index contributed by atoms with van der Waals surface area (Å²) < 4.78 is 10.9. The first-order valence-corrected chi connectivity index (χ1v) is 8.19. The maximum Gasteiger partial charge on any atom is 0.374 e. The zero-order valence-electron chi connectivity index (χ0n) is 12.6. The second-order valence-electron chi connectivity index (χ2n) is 4.96. The Kier molecular flexibility index (Phi) is 4.50. The molecule has 0 amide bonds. The third kappa shape index (κ3) is 3.46. The van der Waals surface area contributed by atoms with E-state index >= 15 is 0 Å². The highest BCUT2D eigenvalue weighted by atomic mass is 35.5. The quantitative estimate of drug-likeness (QED) is 0.621. The van der Waals surface area contributed by atoms with Crippen molar-refractivity contribution in [1.29, 1.82) is 0 Å². The molecule has 6 heteroatoms. The number of benzene rings is 1. The number of furan rings is 1. The molecule has 2 heterocycles. The third-order valence-electron chi connectivity index (χ3n) is 3.28. The number of halogens is 1. The predicted molar refractivity (Wildman–Crippen MR) is 89.9 cm³/mol. The summed E-state index contributed by atoms with van der Waals surface area (Å²) in [5.41, 5.74) is 1.62. The lowest BCUT2D eigenvalue weighted by Crippen LogP contribution is -2.03. The van der Waals surface area contributed by atoms with Crippen LogP contribution in [0.2, 0.25) is 5.02 Å². The highest BCUT2D eigenvalue weighted by Crippen LogP contribution is 2.29. The molecule has 0 aliphatic carbocycles. The van der Waals surface area contributed by atoms with Gasteiger partial charge in [0.2, 0.25) is 5.76 Å². The molecule has 23 heavy (non-hydrogen) atoms. The summed E-state index contributed by atoms with van der Waals surface area (Å²) in [6.07, 6.45) is 0. The van der Waals surface area contributed by atoms with Gasteiger partial charge >= 0.3 is 5.97 Å². The first-order valence-electron chi connectivity index (χ1n) is 6.99. The zero-order valence-corrected chi connectivity index (χ0v) is 14.2. The van der Waals surface area contributed by atoms with Crippen LogP contribution in [0.25, 0.3) is 11.3 Å². The van der Waals surface area contributed by atoms with Crippen LogP contribution in [0, 0.1) is 13.8 Å². The summed E-state index contributed by atoms with van der Waals surface area (Å²) in [7, 11) is 0. The summed E-state index contributed by atoms with van der Waals surface area (Å²) in [5.74, 6) is 0.180. The normalized spacial score (nSPS) is 10.7. The number of aromatic nitrogens is 1. The van der Waals surface area contributed by atoms with Crippen molar-refractivity contribution in [1.82, 2.24) is 4.98 Å². The fourth-order valence-corrected chi connectivity index (χ4v) is 3.24. The summed E-state index contributed by atoms with van der Waals surface area (Å²) in [5, 5.41) is 1.52. The number of hydrogen-bond donors (Lipinski definition) is 0. The van der Waals surface area contributed by atoms with Crippen molar-refractivity contribution in [2.45, 2.75) is 20.5 Å².